The van der Waals surface area contributed by atoms with Gasteiger partial charge in [-0.2, -0.15) is 0 Å². The Hall–Kier alpha value is -1.33. The van der Waals surface area contributed by atoms with Crippen LogP contribution in [0.3, 0.4) is 0 Å². The second kappa shape index (κ2) is 5.54. The number of nitrogens with one attached hydrogen (secondary N) is 2. The van der Waals surface area contributed by atoms with Crippen molar-refractivity contribution in [3.63, 3.8) is 0 Å². The minimum Gasteiger partial charge on any atom is -0.384 e. The Bertz CT molecular complexity index is 522. The van der Waals surface area contributed by atoms with Crippen molar-refractivity contribution in [3.05, 3.63) is 36.9 Å². The van der Waals surface area contributed by atoms with E-state index < -0.39 is 10.0 Å². The molecule has 0 bridgehead atoms. The summed E-state index contributed by atoms with van der Waals surface area (Å²) in [6, 6.07) is 7.09. The van der Waals surface area contributed by atoms with Crippen LogP contribution in [0.15, 0.2) is 41.8 Å². The van der Waals surface area contributed by atoms with Crippen molar-refractivity contribution in [1.29, 1.82) is 0 Å². The zero-order valence-electron chi connectivity index (χ0n) is 10.2. The Morgan fingerprint density at radius 2 is 2.06 bits per heavy atom. The van der Waals surface area contributed by atoms with Gasteiger partial charge in [0, 0.05) is 12.6 Å². The van der Waals surface area contributed by atoms with Gasteiger partial charge in [0.15, 0.2) is 0 Å². The molecule has 0 amide bonds. The first-order valence-corrected chi connectivity index (χ1v) is 7.58. The molecular formula is C13H18N2O2S. The molecule has 0 aliphatic heterocycles. The van der Waals surface area contributed by atoms with Crippen molar-refractivity contribution in [3.8, 4) is 0 Å². The summed E-state index contributed by atoms with van der Waals surface area (Å²) < 4.78 is 27.0. The molecule has 0 saturated heterocycles. The molecule has 1 saturated carbocycles. The lowest BCUT2D eigenvalue weighted by Crippen LogP contribution is -2.26. The first kappa shape index (κ1) is 13.1. The normalized spacial score (nSPS) is 15.3. The molecule has 0 aromatic heterocycles. The number of sulfonamides is 1. The Kier molecular flexibility index (Phi) is 4.04. The average molecular weight is 266 g/mol. The highest BCUT2D eigenvalue weighted by Crippen LogP contribution is 2.25. The number of benzene rings is 1. The van der Waals surface area contributed by atoms with Crippen LogP contribution in [0.1, 0.15) is 19.3 Å². The van der Waals surface area contributed by atoms with Gasteiger partial charge in [0.2, 0.25) is 10.0 Å². The standard InChI is InChI=1S/C13H18N2O2S/c1-2-3-10-14-12-6-4-5-7-13(12)18(16,17)15-11-8-9-11/h2,4-7,11,14-15H,1,3,8-10H2. The van der Waals surface area contributed by atoms with Crippen molar-refractivity contribution in [1.82, 2.24) is 4.72 Å². The van der Waals surface area contributed by atoms with E-state index in [-0.39, 0.29) is 6.04 Å². The molecule has 1 aliphatic carbocycles. The zero-order chi connectivity index (χ0) is 13.0. The molecule has 5 heteroatoms. The lowest BCUT2D eigenvalue weighted by atomic mass is 10.3. The van der Waals surface area contributed by atoms with Gasteiger partial charge in [0.1, 0.15) is 4.90 Å². The van der Waals surface area contributed by atoms with Gasteiger partial charge in [-0.3, -0.25) is 0 Å². The van der Waals surface area contributed by atoms with E-state index in [0.717, 1.165) is 19.3 Å². The monoisotopic (exact) mass is 266 g/mol. The molecule has 0 heterocycles. The topological polar surface area (TPSA) is 58.2 Å². The number of anilines is 1. The third-order valence-corrected chi connectivity index (χ3v) is 4.32. The first-order chi connectivity index (χ1) is 8.63. The van der Waals surface area contributed by atoms with Crippen molar-refractivity contribution in [2.45, 2.75) is 30.2 Å². The van der Waals surface area contributed by atoms with E-state index in [1.165, 1.54) is 0 Å². The van der Waals surface area contributed by atoms with Crippen molar-refractivity contribution < 1.29 is 8.42 Å². The van der Waals surface area contributed by atoms with Crippen LogP contribution in [0.5, 0.6) is 0 Å². The SMILES string of the molecule is C=CCCNc1ccccc1S(=O)(=O)NC1CC1. The predicted octanol–water partition coefficient (Wildman–Crippen LogP) is 2.12. The summed E-state index contributed by atoms with van der Waals surface area (Å²) in [7, 11) is -3.40. The van der Waals surface area contributed by atoms with Crippen LogP contribution in [0, 0.1) is 0 Å². The lowest BCUT2D eigenvalue weighted by Gasteiger charge is -2.12. The van der Waals surface area contributed by atoms with Crippen LogP contribution in [0.25, 0.3) is 0 Å². The number of hydrogen-bond donors (Lipinski definition) is 2. The van der Waals surface area contributed by atoms with Gasteiger partial charge >= 0.3 is 0 Å². The van der Waals surface area contributed by atoms with Crippen LogP contribution in [0.2, 0.25) is 0 Å². The maximum Gasteiger partial charge on any atom is 0.242 e. The summed E-state index contributed by atoms with van der Waals surface area (Å²) in [4.78, 5) is 0.320. The highest BCUT2D eigenvalue weighted by atomic mass is 32.2. The molecule has 1 aromatic rings. The average Bonchev–Trinajstić information content (AvgIpc) is 3.13. The predicted molar refractivity (Wildman–Crippen MR) is 73.1 cm³/mol. The molecule has 2 N–H and O–H groups in total. The Labute approximate surface area is 108 Å². The molecule has 0 spiro atoms. The second-order valence-corrected chi connectivity index (χ2v) is 6.08. The Morgan fingerprint density at radius 1 is 1.33 bits per heavy atom. The molecular weight excluding hydrogens is 248 g/mol. The van der Waals surface area contributed by atoms with Gasteiger partial charge in [-0.05, 0) is 31.4 Å². The fourth-order valence-corrected chi connectivity index (χ4v) is 3.13. The number of hydrogen-bond acceptors (Lipinski definition) is 3. The molecule has 18 heavy (non-hydrogen) atoms. The number of rotatable bonds is 7. The summed E-state index contributed by atoms with van der Waals surface area (Å²) in [5, 5.41) is 3.12. The smallest absolute Gasteiger partial charge is 0.242 e. The largest absolute Gasteiger partial charge is 0.384 e. The quantitative estimate of drug-likeness (QED) is 0.587. The van der Waals surface area contributed by atoms with Crippen LogP contribution >= 0.6 is 0 Å². The fourth-order valence-electron chi connectivity index (χ4n) is 1.64. The highest BCUT2D eigenvalue weighted by Gasteiger charge is 2.29. The minimum atomic E-state index is -3.40. The zero-order valence-corrected chi connectivity index (χ0v) is 11.0. The van der Waals surface area contributed by atoms with E-state index >= 15 is 0 Å². The Morgan fingerprint density at radius 3 is 2.72 bits per heavy atom. The molecule has 1 fully saturated rings. The van der Waals surface area contributed by atoms with Gasteiger partial charge in [-0.15, -0.1) is 6.58 Å². The fraction of sp³-hybridized carbons (Fsp3) is 0.385. The van der Waals surface area contributed by atoms with Crippen LogP contribution < -0.4 is 10.0 Å². The van der Waals surface area contributed by atoms with E-state index in [9.17, 15) is 8.42 Å². The molecule has 98 valence electrons. The lowest BCUT2D eigenvalue weighted by molar-refractivity contribution is 0.581. The third kappa shape index (κ3) is 3.34. The summed E-state index contributed by atoms with van der Waals surface area (Å²) in [5.41, 5.74) is 0.646. The van der Waals surface area contributed by atoms with Gasteiger partial charge in [-0.25, -0.2) is 13.1 Å². The summed E-state index contributed by atoms with van der Waals surface area (Å²) >= 11 is 0. The molecule has 0 atom stereocenters. The van der Waals surface area contributed by atoms with Crippen LogP contribution in [-0.4, -0.2) is 21.0 Å². The summed E-state index contributed by atoms with van der Waals surface area (Å²) in [6.07, 6.45) is 4.47. The summed E-state index contributed by atoms with van der Waals surface area (Å²) in [5.74, 6) is 0. The van der Waals surface area contributed by atoms with Crippen molar-refractivity contribution >= 4 is 15.7 Å². The van der Waals surface area contributed by atoms with Gasteiger partial charge in [0.05, 0.1) is 5.69 Å². The number of para-hydroxylation sites is 1. The highest BCUT2D eigenvalue weighted by molar-refractivity contribution is 7.89. The maximum absolute atomic E-state index is 12.2. The molecule has 1 aliphatic rings. The van der Waals surface area contributed by atoms with Crippen molar-refractivity contribution in [2.24, 2.45) is 0 Å². The third-order valence-electron chi connectivity index (χ3n) is 2.74. The van der Waals surface area contributed by atoms with E-state index in [1.807, 2.05) is 6.07 Å². The Balaban J connectivity index is 2.17. The summed E-state index contributed by atoms with van der Waals surface area (Å²) in [6.45, 7) is 4.32. The van der Waals surface area contributed by atoms with Crippen LogP contribution in [0.4, 0.5) is 5.69 Å². The van der Waals surface area contributed by atoms with E-state index in [4.69, 9.17) is 0 Å². The van der Waals surface area contributed by atoms with Crippen LogP contribution in [-0.2, 0) is 10.0 Å². The minimum absolute atomic E-state index is 0.122. The molecule has 0 unspecified atom stereocenters. The molecule has 4 nitrogen and oxygen atoms in total. The van der Waals surface area contributed by atoms with Crippen molar-refractivity contribution in [2.75, 3.05) is 11.9 Å². The molecule has 2 rings (SSSR count). The van der Waals surface area contributed by atoms with E-state index in [1.54, 1.807) is 24.3 Å². The van der Waals surface area contributed by atoms with Gasteiger partial charge in [-0.1, -0.05) is 18.2 Å². The van der Waals surface area contributed by atoms with E-state index in [2.05, 4.69) is 16.6 Å². The van der Waals surface area contributed by atoms with E-state index in [0.29, 0.717) is 17.1 Å². The molecule has 0 radical (unpaired) electrons. The maximum atomic E-state index is 12.2. The molecule has 1 aromatic carbocycles. The van der Waals surface area contributed by atoms with Gasteiger partial charge in [0.25, 0.3) is 0 Å². The second-order valence-electron chi connectivity index (χ2n) is 4.40. The van der Waals surface area contributed by atoms with Gasteiger partial charge < -0.3 is 5.32 Å². The first-order valence-electron chi connectivity index (χ1n) is 6.09.